The van der Waals surface area contributed by atoms with Crippen LogP contribution >= 0.6 is 11.3 Å². The van der Waals surface area contributed by atoms with Crippen LogP contribution in [0.2, 0.25) is 0 Å². The molecule has 0 unspecified atom stereocenters. The van der Waals surface area contributed by atoms with Gasteiger partial charge >= 0.3 is 0 Å². The lowest BCUT2D eigenvalue weighted by atomic mass is 10.1. The van der Waals surface area contributed by atoms with E-state index in [9.17, 15) is 0 Å². The van der Waals surface area contributed by atoms with Gasteiger partial charge in [-0.25, -0.2) is 4.98 Å². The Morgan fingerprint density at radius 2 is 2.15 bits per heavy atom. The second-order valence-electron chi connectivity index (χ2n) is 5.49. The molecule has 1 N–H and O–H groups in total. The summed E-state index contributed by atoms with van der Waals surface area (Å²) in [5.74, 6) is 0. The molecule has 0 aliphatic rings. The van der Waals surface area contributed by atoms with Gasteiger partial charge in [0.15, 0.2) is 0 Å². The molecule has 0 atom stereocenters. The second-order valence-corrected chi connectivity index (χ2v) is 6.21. The number of aryl methyl sites for hydroxylation is 1. The van der Waals surface area contributed by atoms with E-state index in [1.165, 1.54) is 16.8 Å². The maximum absolute atomic E-state index is 4.34. The Labute approximate surface area is 125 Å². The van der Waals surface area contributed by atoms with Gasteiger partial charge in [-0.1, -0.05) is 26.0 Å². The number of nitrogens with zero attached hydrogens (tertiary/aromatic N) is 2. The van der Waals surface area contributed by atoms with Crippen molar-refractivity contribution in [3.63, 3.8) is 0 Å². The third-order valence-electron chi connectivity index (χ3n) is 3.27. The minimum absolute atomic E-state index is 0.516. The Bertz CT molecular complexity index is 535. The maximum Gasteiger partial charge on any atom is 0.0795 e. The first-order chi connectivity index (χ1) is 9.56. The summed E-state index contributed by atoms with van der Waals surface area (Å²) >= 11 is 1.65. The normalized spacial score (nSPS) is 11.1. The predicted octanol–water partition coefficient (Wildman–Crippen LogP) is 3.59. The number of thiazole rings is 1. The van der Waals surface area contributed by atoms with E-state index in [0.29, 0.717) is 6.04 Å². The highest BCUT2D eigenvalue weighted by atomic mass is 32.1. The summed E-state index contributed by atoms with van der Waals surface area (Å²) in [6.45, 7) is 8.29. The van der Waals surface area contributed by atoms with Crippen LogP contribution in [0.25, 0.3) is 0 Å². The van der Waals surface area contributed by atoms with Crippen LogP contribution in [0, 0.1) is 6.92 Å². The van der Waals surface area contributed by atoms with Crippen molar-refractivity contribution in [2.24, 2.45) is 0 Å². The quantitative estimate of drug-likeness (QED) is 0.881. The Balaban J connectivity index is 2.05. The first-order valence-electron chi connectivity index (χ1n) is 6.97. The van der Waals surface area contributed by atoms with Gasteiger partial charge in [0.05, 0.1) is 17.7 Å². The van der Waals surface area contributed by atoms with Crippen LogP contribution in [-0.2, 0) is 13.1 Å². The molecule has 0 amide bonds. The molecule has 0 saturated carbocycles. The van der Waals surface area contributed by atoms with Gasteiger partial charge in [-0.15, -0.1) is 11.3 Å². The van der Waals surface area contributed by atoms with E-state index < -0.39 is 0 Å². The summed E-state index contributed by atoms with van der Waals surface area (Å²) in [6, 6.07) is 7.19. The minimum atomic E-state index is 0.516. The molecule has 2 aromatic rings. The third kappa shape index (κ3) is 4.05. The molecular weight excluding hydrogens is 266 g/mol. The van der Waals surface area contributed by atoms with Gasteiger partial charge in [0.25, 0.3) is 0 Å². The second kappa shape index (κ2) is 6.86. The summed E-state index contributed by atoms with van der Waals surface area (Å²) in [5.41, 5.74) is 6.93. The van der Waals surface area contributed by atoms with Crippen LogP contribution in [0.3, 0.4) is 0 Å². The molecule has 0 aliphatic heterocycles. The fourth-order valence-corrected chi connectivity index (χ4v) is 2.77. The molecule has 20 heavy (non-hydrogen) atoms. The van der Waals surface area contributed by atoms with E-state index in [0.717, 1.165) is 18.8 Å². The largest absolute Gasteiger partial charge is 0.368 e. The molecule has 0 fully saturated rings. The van der Waals surface area contributed by atoms with Gasteiger partial charge in [0.2, 0.25) is 0 Å². The Morgan fingerprint density at radius 1 is 1.35 bits per heavy atom. The Hall–Kier alpha value is -1.39. The van der Waals surface area contributed by atoms with Gasteiger partial charge in [0, 0.05) is 30.7 Å². The minimum Gasteiger partial charge on any atom is -0.368 e. The van der Waals surface area contributed by atoms with Gasteiger partial charge in [-0.3, -0.25) is 0 Å². The molecule has 0 radical (unpaired) electrons. The van der Waals surface area contributed by atoms with Gasteiger partial charge < -0.3 is 10.2 Å². The molecule has 108 valence electrons. The zero-order valence-electron chi connectivity index (χ0n) is 12.7. The molecule has 4 heteroatoms. The number of aromatic nitrogens is 1. The summed E-state index contributed by atoms with van der Waals surface area (Å²) in [6.07, 6.45) is 0. The van der Waals surface area contributed by atoms with Crippen molar-refractivity contribution in [2.75, 3.05) is 11.9 Å². The van der Waals surface area contributed by atoms with Crippen molar-refractivity contribution in [3.8, 4) is 0 Å². The lowest BCUT2D eigenvalue weighted by Crippen LogP contribution is -2.22. The number of nitrogens with one attached hydrogen (secondary N) is 1. The zero-order valence-corrected chi connectivity index (χ0v) is 13.5. The van der Waals surface area contributed by atoms with Crippen molar-refractivity contribution in [2.45, 2.75) is 39.9 Å². The summed E-state index contributed by atoms with van der Waals surface area (Å²) in [7, 11) is 2.12. The predicted molar refractivity (Wildman–Crippen MR) is 87.4 cm³/mol. The van der Waals surface area contributed by atoms with Crippen LogP contribution in [0.5, 0.6) is 0 Å². The van der Waals surface area contributed by atoms with E-state index in [1.807, 2.05) is 5.51 Å². The molecule has 0 spiro atoms. The highest BCUT2D eigenvalue weighted by Crippen LogP contribution is 2.22. The van der Waals surface area contributed by atoms with E-state index in [4.69, 9.17) is 0 Å². The first kappa shape index (κ1) is 15.0. The van der Waals surface area contributed by atoms with Crippen LogP contribution in [0.1, 0.15) is 30.7 Å². The van der Waals surface area contributed by atoms with Crippen LogP contribution < -0.4 is 10.2 Å². The topological polar surface area (TPSA) is 28.2 Å². The molecule has 3 nitrogen and oxygen atoms in total. The van der Waals surface area contributed by atoms with E-state index in [1.54, 1.807) is 11.3 Å². The molecule has 1 aromatic carbocycles. The van der Waals surface area contributed by atoms with Gasteiger partial charge in [-0.05, 0) is 24.1 Å². The smallest absolute Gasteiger partial charge is 0.0795 e. The molecule has 1 heterocycles. The molecule has 0 saturated heterocycles. The van der Waals surface area contributed by atoms with Crippen LogP contribution in [-0.4, -0.2) is 18.1 Å². The summed E-state index contributed by atoms with van der Waals surface area (Å²) in [4.78, 5) is 6.60. The van der Waals surface area contributed by atoms with Gasteiger partial charge in [-0.2, -0.15) is 0 Å². The third-order valence-corrected chi connectivity index (χ3v) is 3.90. The van der Waals surface area contributed by atoms with Crippen LogP contribution in [0.4, 0.5) is 5.69 Å². The Kier molecular flexibility index (Phi) is 5.15. The molecule has 2 rings (SSSR count). The highest BCUT2D eigenvalue weighted by molar-refractivity contribution is 7.07. The van der Waals surface area contributed by atoms with E-state index in [-0.39, 0.29) is 0 Å². The first-order valence-corrected chi connectivity index (χ1v) is 7.91. The number of hydrogen-bond acceptors (Lipinski definition) is 4. The number of hydrogen-bond donors (Lipinski definition) is 1. The van der Waals surface area contributed by atoms with Crippen molar-refractivity contribution in [1.82, 2.24) is 10.3 Å². The number of benzene rings is 1. The summed E-state index contributed by atoms with van der Waals surface area (Å²) in [5, 5.41) is 5.56. The van der Waals surface area contributed by atoms with Crippen LogP contribution in [0.15, 0.2) is 29.1 Å². The average Bonchev–Trinajstić information content (AvgIpc) is 2.89. The lowest BCUT2D eigenvalue weighted by Gasteiger charge is -2.21. The monoisotopic (exact) mass is 289 g/mol. The highest BCUT2D eigenvalue weighted by Gasteiger charge is 2.07. The lowest BCUT2D eigenvalue weighted by molar-refractivity contribution is 0.588. The standard InChI is InChI=1S/C16H23N3S/c1-12(2)17-8-14-5-6-16(13(3)7-14)19(4)9-15-10-20-11-18-15/h5-7,10-12,17H,8-9H2,1-4H3. The SMILES string of the molecule is Cc1cc(CNC(C)C)ccc1N(C)Cc1cscn1. The van der Waals surface area contributed by atoms with Crippen molar-refractivity contribution in [3.05, 3.63) is 45.9 Å². The van der Waals surface area contributed by atoms with Crippen molar-refractivity contribution < 1.29 is 0 Å². The number of rotatable bonds is 6. The molecule has 0 bridgehead atoms. The molecule has 1 aromatic heterocycles. The average molecular weight is 289 g/mol. The Morgan fingerprint density at radius 3 is 2.75 bits per heavy atom. The van der Waals surface area contributed by atoms with Crippen molar-refractivity contribution >= 4 is 17.0 Å². The van der Waals surface area contributed by atoms with E-state index in [2.05, 4.69) is 66.6 Å². The summed E-state index contributed by atoms with van der Waals surface area (Å²) < 4.78 is 0. The maximum atomic E-state index is 4.34. The van der Waals surface area contributed by atoms with Crippen molar-refractivity contribution in [1.29, 1.82) is 0 Å². The molecule has 0 aliphatic carbocycles. The fraction of sp³-hybridized carbons (Fsp3) is 0.438. The van der Waals surface area contributed by atoms with Gasteiger partial charge in [0.1, 0.15) is 0 Å². The number of anilines is 1. The fourth-order valence-electron chi connectivity index (χ4n) is 2.22. The van der Waals surface area contributed by atoms with E-state index >= 15 is 0 Å². The molecular formula is C16H23N3S. The zero-order chi connectivity index (χ0) is 14.5.